The molecule has 316 valence electrons. The highest BCUT2D eigenvalue weighted by Crippen LogP contribution is 2.49. The summed E-state index contributed by atoms with van der Waals surface area (Å²) in [5.74, 6) is 0. The molecule has 11 rings (SSSR count). The maximum absolute atomic E-state index is 2.64. The minimum atomic E-state index is -0.0243. The van der Waals surface area contributed by atoms with Crippen LogP contribution in [0.15, 0.2) is 158 Å². The van der Waals surface area contributed by atoms with Gasteiger partial charge in [-0.25, -0.2) is 0 Å². The lowest BCUT2D eigenvalue weighted by atomic mass is 9.33. The summed E-state index contributed by atoms with van der Waals surface area (Å²) < 4.78 is 0. The van der Waals surface area contributed by atoms with Gasteiger partial charge in [0.05, 0.1) is 11.4 Å². The molecule has 8 aromatic carbocycles. The van der Waals surface area contributed by atoms with Crippen molar-refractivity contribution in [2.24, 2.45) is 0 Å². The molecule has 0 amide bonds. The largest absolute Gasteiger partial charge is 0.311 e. The van der Waals surface area contributed by atoms with Crippen molar-refractivity contribution in [1.29, 1.82) is 0 Å². The average Bonchev–Trinajstić information content (AvgIpc) is 3.28. The fourth-order valence-electron chi connectivity index (χ4n) is 10.9. The Balaban J connectivity index is 1.22. The van der Waals surface area contributed by atoms with Gasteiger partial charge in [-0.2, -0.15) is 0 Å². The van der Waals surface area contributed by atoms with Gasteiger partial charge in [-0.1, -0.05) is 178 Å². The lowest BCUT2D eigenvalue weighted by Crippen LogP contribution is -2.61. The molecule has 8 aromatic rings. The van der Waals surface area contributed by atoms with Crippen molar-refractivity contribution in [1.82, 2.24) is 0 Å². The van der Waals surface area contributed by atoms with Crippen molar-refractivity contribution in [3.05, 3.63) is 186 Å². The molecule has 64 heavy (non-hydrogen) atoms. The number of hydrogen-bond acceptors (Lipinski definition) is 2. The molecule has 0 saturated heterocycles. The Kier molecular flexibility index (Phi) is 9.24. The van der Waals surface area contributed by atoms with E-state index in [2.05, 4.69) is 230 Å². The standard InChI is InChI=1S/C61H59BN2/c1-59(2,3)44-28-24-39(25-29-44)43-27-34-53-50(36-43)62-49-32-30-46(61(7,8)9)38-56(49)64(51-33-26-42-19-13-18-41-20-14-21-47(51)57(41)42)55-23-15-22-54(58(55)62)63(53)52-35-31-45(60(4,5)6)37-48(52)40-16-11-10-12-17-40/h10-12,14-17,20-38H,13,18-19H2,1-9H3. The van der Waals surface area contributed by atoms with Gasteiger partial charge in [0.15, 0.2) is 0 Å². The summed E-state index contributed by atoms with van der Waals surface area (Å²) in [6, 6.07) is 61.1. The summed E-state index contributed by atoms with van der Waals surface area (Å²) in [6.45, 7) is 20.9. The fourth-order valence-corrected chi connectivity index (χ4v) is 10.9. The van der Waals surface area contributed by atoms with E-state index in [0.717, 1.165) is 12.8 Å². The van der Waals surface area contributed by atoms with Crippen molar-refractivity contribution >= 4 is 68.0 Å². The Labute approximate surface area is 381 Å². The second-order valence-corrected chi connectivity index (χ2v) is 21.7. The summed E-state index contributed by atoms with van der Waals surface area (Å²) in [7, 11) is 0. The van der Waals surface area contributed by atoms with Gasteiger partial charge in [0.2, 0.25) is 0 Å². The molecule has 0 spiro atoms. The Bertz CT molecular complexity index is 3130. The highest BCUT2D eigenvalue weighted by molar-refractivity contribution is 7.00. The smallest absolute Gasteiger partial charge is 0.252 e. The molecule has 0 radical (unpaired) electrons. The van der Waals surface area contributed by atoms with Crippen molar-refractivity contribution in [3.8, 4) is 22.3 Å². The molecule has 0 atom stereocenters. The Morgan fingerprint density at radius 3 is 1.67 bits per heavy atom. The number of aryl methyl sites for hydroxylation is 2. The average molecular weight is 831 g/mol. The molecule has 0 fully saturated rings. The SMILES string of the molecule is CC(C)(C)c1ccc(-c2ccc3c(c2)B2c4ccc(C(C)(C)C)cc4N(c4ccc5c6c(cccc46)CCC5)c4cccc(c42)N3c2ccc(C(C)(C)C)cc2-c2ccccc2)cc1. The van der Waals surface area contributed by atoms with Crippen LogP contribution >= 0.6 is 0 Å². The molecular weight excluding hydrogens is 771 g/mol. The molecular formula is C61H59BN2. The van der Waals surface area contributed by atoms with Crippen LogP contribution in [-0.2, 0) is 29.1 Å². The van der Waals surface area contributed by atoms with Crippen LogP contribution in [0.1, 0.15) is 96.6 Å². The van der Waals surface area contributed by atoms with E-state index in [4.69, 9.17) is 0 Å². The van der Waals surface area contributed by atoms with Gasteiger partial charge in [-0.05, 0) is 144 Å². The van der Waals surface area contributed by atoms with E-state index in [1.807, 2.05) is 0 Å². The first-order valence-corrected chi connectivity index (χ1v) is 23.5. The summed E-state index contributed by atoms with van der Waals surface area (Å²) >= 11 is 0. The maximum Gasteiger partial charge on any atom is 0.252 e. The van der Waals surface area contributed by atoms with Crippen LogP contribution in [0.25, 0.3) is 33.0 Å². The Morgan fingerprint density at radius 2 is 0.969 bits per heavy atom. The molecule has 2 aliphatic heterocycles. The summed E-state index contributed by atoms with van der Waals surface area (Å²) in [4.78, 5) is 5.23. The molecule has 0 saturated carbocycles. The molecule has 1 aliphatic carbocycles. The van der Waals surface area contributed by atoms with Crippen LogP contribution in [0.4, 0.5) is 34.1 Å². The highest BCUT2D eigenvalue weighted by Gasteiger charge is 2.44. The summed E-state index contributed by atoms with van der Waals surface area (Å²) in [5.41, 5.74) is 23.4. The van der Waals surface area contributed by atoms with Crippen LogP contribution in [0.2, 0.25) is 0 Å². The van der Waals surface area contributed by atoms with Crippen molar-refractivity contribution in [2.45, 2.75) is 97.8 Å². The van der Waals surface area contributed by atoms with Gasteiger partial charge in [0.25, 0.3) is 6.71 Å². The first-order valence-electron chi connectivity index (χ1n) is 23.5. The van der Waals surface area contributed by atoms with E-state index < -0.39 is 0 Å². The first kappa shape index (κ1) is 40.5. The van der Waals surface area contributed by atoms with Crippen LogP contribution in [0.5, 0.6) is 0 Å². The molecule has 3 heteroatoms. The number of rotatable bonds is 4. The second kappa shape index (κ2) is 14.6. The van der Waals surface area contributed by atoms with Gasteiger partial charge in [-0.3, -0.25) is 0 Å². The third kappa shape index (κ3) is 6.53. The Hall–Kier alpha value is -6.32. The molecule has 2 heterocycles. The Morgan fingerprint density at radius 1 is 0.391 bits per heavy atom. The van der Waals surface area contributed by atoms with Gasteiger partial charge < -0.3 is 9.80 Å². The number of hydrogen-bond donors (Lipinski definition) is 0. The normalized spacial score (nSPS) is 14.4. The van der Waals surface area contributed by atoms with E-state index in [-0.39, 0.29) is 23.0 Å². The quantitative estimate of drug-likeness (QED) is 0.163. The van der Waals surface area contributed by atoms with Crippen molar-refractivity contribution < 1.29 is 0 Å². The third-order valence-corrected chi connectivity index (χ3v) is 14.5. The molecule has 2 nitrogen and oxygen atoms in total. The highest BCUT2D eigenvalue weighted by atomic mass is 15.2. The second-order valence-electron chi connectivity index (χ2n) is 21.7. The molecule has 3 aliphatic rings. The third-order valence-electron chi connectivity index (χ3n) is 14.5. The van der Waals surface area contributed by atoms with E-state index >= 15 is 0 Å². The number of nitrogens with zero attached hydrogens (tertiary/aromatic N) is 2. The predicted molar refractivity (Wildman–Crippen MR) is 277 cm³/mol. The summed E-state index contributed by atoms with van der Waals surface area (Å²) in [5, 5.41) is 2.79. The molecule has 0 unspecified atom stereocenters. The van der Waals surface area contributed by atoms with E-state index in [0.29, 0.717) is 0 Å². The van der Waals surface area contributed by atoms with E-state index in [1.54, 1.807) is 0 Å². The summed E-state index contributed by atoms with van der Waals surface area (Å²) in [6.07, 6.45) is 3.47. The molecule has 0 N–H and O–H groups in total. The van der Waals surface area contributed by atoms with Gasteiger partial charge in [-0.15, -0.1) is 0 Å². The monoisotopic (exact) mass is 830 g/mol. The van der Waals surface area contributed by atoms with Crippen molar-refractivity contribution in [3.63, 3.8) is 0 Å². The lowest BCUT2D eigenvalue weighted by Gasteiger charge is -2.45. The zero-order valence-corrected chi connectivity index (χ0v) is 39.1. The minimum absolute atomic E-state index is 0.00884. The predicted octanol–water partition coefficient (Wildman–Crippen LogP) is 14.6. The van der Waals surface area contributed by atoms with E-state index in [1.165, 1.54) is 118 Å². The topological polar surface area (TPSA) is 6.48 Å². The minimum Gasteiger partial charge on any atom is -0.311 e. The van der Waals surface area contributed by atoms with Gasteiger partial charge >= 0.3 is 0 Å². The van der Waals surface area contributed by atoms with Crippen LogP contribution in [-0.4, -0.2) is 6.71 Å². The molecule has 0 bridgehead atoms. The van der Waals surface area contributed by atoms with Crippen LogP contribution < -0.4 is 26.2 Å². The maximum atomic E-state index is 2.64. The van der Waals surface area contributed by atoms with Crippen molar-refractivity contribution in [2.75, 3.05) is 9.80 Å². The first-order chi connectivity index (χ1) is 30.6. The molecule has 0 aromatic heterocycles. The van der Waals surface area contributed by atoms with Gasteiger partial charge in [0, 0.05) is 33.7 Å². The zero-order chi connectivity index (χ0) is 44.3. The number of benzene rings is 8. The zero-order valence-electron chi connectivity index (χ0n) is 39.1. The number of fused-ring (bicyclic) bond motifs is 4. The van der Waals surface area contributed by atoms with Crippen LogP contribution in [0, 0.1) is 0 Å². The number of anilines is 6. The van der Waals surface area contributed by atoms with Crippen LogP contribution in [0.3, 0.4) is 0 Å². The lowest BCUT2D eigenvalue weighted by molar-refractivity contribution is 0.590. The van der Waals surface area contributed by atoms with E-state index in [9.17, 15) is 0 Å². The van der Waals surface area contributed by atoms with Gasteiger partial charge in [0.1, 0.15) is 0 Å². The fraction of sp³-hybridized carbons (Fsp3) is 0.246.